The Labute approximate surface area is 123 Å². The van der Waals surface area contributed by atoms with Crippen molar-refractivity contribution in [2.45, 2.75) is 37.0 Å². The Morgan fingerprint density at radius 1 is 1.29 bits per heavy atom. The lowest BCUT2D eigenvalue weighted by Gasteiger charge is -2.31. The molecule has 0 radical (unpaired) electrons. The van der Waals surface area contributed by atoms with E-state index in [4.69, 9.17) is 10.00 Å². The van der Waals surface area contributed by atoms with Crippen LogP contribution in [0.1, 0.15) is 31.4 Å². The molecule has 1 atom stereocenters. The van der Waals surface area contributed by atoms with Gasteiger partial charge in [-0.1, -0.05) is 0 Å². The van der Waals surface area contributed by atoms with Gasteiger partial charge in [0.2, 0.25) is 15.7 Å². The highest BCUT2D eigenvalue weighted by molar-refractivity contribution is 7.90. The summed E-state index contributed by atoms with van der Waals surface area (Å²) in [5.74, 6) is 0.177. The van der Waals surface area contributed by atoms with Gasteiger partial charge in [0.15, 0.2) is 0 Å². The van der Waals surface area contributed by atoms with Crippen LogP contribution in [0, 0.1) is 11.3 Å². The number of aromatic nitrogens is 2. The van der Waals surface area contributed by atoms with E-state index in [1.54, 1.807) is 0 Å². The number of hydrogen-bond acceptors (Lipinski definition) is 6. The Morgan fingerprint density at radius 2 is 2.05 bits per heavy atom. The predicted molar refractivity (Wildman–Crippen MR) is 73.9 cm³/mol. The zero-order valence-corrected chi connectivity index (χ0v) is 12.3. The zero-order chi connectivity index (χ0) is 14.9. The Kier molecular flexibility index (Phi) is 3.78. The summed E-state index contributed by atoms with van der Waals surface area (Å²) in [4.78, 5) is 7.89. The number of hydrogen-bond donors (Lipinski definition) is 0. The van der Waals surface area contributed by atoms with Gasteiger partial charge in [0.05, 0.1) is 11.8 Å². The summed E-state index contributed by atoms with van der Waals surface area (Å²) in [6.45, 7) is 0.866. The number of ether oxygens (including phenoxy) is 1. The molecule has 7 nitrogen and oxygen atoms in total. The van der Waals surface area contributed by atoms with Crippen LogP contribution in [0.2, 0.25) is 0 Å². The van der Waals surface area contributed by atoms with Crippen LogP contribution in [0.4, 0.5) is 0 Å². The van der Waals surface area contributed by atoms with E-state index < -0.39 is 10.0 Å². The summed E-state index contributed by atoms with van der Waals surface area (Å²) < 4.78 is 31.7. The average molecular weight is 308 g/mol. The molecule has 1 aromatic rings. The van der Waals surface area contributed by atoms with Crippen LogP contribution in [-0.4, -0.2) is 47.1 Å². The molecule has 0 amide bonds. The topological polar surface area (TPSA) is 96.2 Å². The Balaban J connectivity index is 1.71. The molecule has 1 aliphatic heterocycles. The fourth-order valence-electron chi connectivity index (χ4n) is 2.46. The summed E-state index contributed by atoms with van der Waals surface area (Å²) >= 11 is 0. The molecule has 1 aromatic heterocycles. The first-order valence-corrected chi connectivity index (χ1v) is 8.48. The van der Waals surface area contributed by atoms with Crippen molar-refractivity contribution < 1.29 is 13.2 Å². The number of piperidine rings is 1. The molecule has 1 aliphatic carbocycles. The van der Waals surface area contributed by atoms with Crippen molar-refractivity contribution in [3.05, 3.63) is 18.1 Å². The maximum Gasteiger partial charge on any atom is 0.251 e. The van der Waals surface area contributed by atoms with Gasteiger partial charge >= 0.3 is 0 Å². The van der Waals surface area contributed by atoms with Crippen molar-refractivity contribution in [2.24, 2.45) is 0 Å². The lowest BCUT2D eigenvalue weighted by Crippen LogP contribution is -2.45. The number of sulfonamides is 1. The number of rotatable bonds is 4. The van der Waals surface area contributed by atoms with Crippen molar-refractivity contribution in [3.8, 4) is 11.9 Å². The summed E-state index contributed by atoms with van der Waals surface area (Å²) in [6.07, 6.45) is 5.61. The molecule has 1 saturated carbocycles. The third-order valence-corrected chi connectivity index (χ3v) is 6.06. The second-order valence-corrected chi connectivity index (χ2v) is 7.52. The van der Waals surface area contributed by atoms with Gasteiger partial charge in [-0.15, -0.1) is 0 Å². The standard InChI is InChI=1S/C13H16N4O3S/c14-8-12-13(16-6-5-15-12)20-10-2-1-7-17(9-10)21(18,19)11-3-4-11/h5-6,10-11H,1-4,7,9H2/t10-/m0/s1. The van der Waals surface area contributed by atoms with Gasteiger partial charge in [-0.05, 0) is 25.7 Å². The minimum Gasteiger partial charge on any atom is -0.471 e. The molecule has 0 spiro atoms. The van der Waals surface area contributed by atoms with E-state index in [2.05, 4.69) is 9.97 Å². The van der Waals surface area contributed by atoms with Gasteiger partial charge in [0.25, 0.3) is 5.88 Å². The van der Waals surface area contributed by atoms with Crippen molar-refractivity contribution >= 4 is 10.0 Å². The van der Waals surface area contributed by atoms with Gasteiger partial charge in [0, 0.05) is 18.9 Å². The van der Waals surface area contributed by atoms with Gasteiger partial charge in [0.1, 0.15) is 12.2 Å². The molecule has 0 bridgehead atoms. The SMILES string of the molecule is N#Cc1nccnc1O[C@H]1CCCN(S(=O)(=O)C2CC2)C1. The minimum atomic E-state index is -3.18. The highest BCUT2D eigenvalue weighted by atomic mass is 32.2. The average Bonchev–Trinajstić information content (AvgIpc) is 3.33. The first-order valence-electron chi connectivity index (χ1n) is 6.98. The van der Waals surface area contributed by atoms with Crippen molar-refractivity contribution in [1.29, 1.82) is 5.26 Å². The van der Waals surface area contributed by atoms with Crippen LogP contribution in [0.15, 0.2) is 12.4 Å². The molecular formula is C13H16N4O3S. The Hall–Kier alpha value is -1.72. The maximum absolute atomic E-state index is 12.3. The number of nitrogens with zero attached hydrogens (tertiary/aromatic N) is 4. The summed E-state index contributed by atoms with van der Waals surface area (Å²) in [6, 6.07) is 1.92. The van der Waals surface area contributed by atoms with Crippen LogP contribution < -0.4 is 4.74 Å². The van der Waals surface area contributed by atoms with Gasteiger partial charge in [-0.3, -0.25) is 0 Å². The Bertz CT molecular complexity index is 666. The molecule has 2 heterocycles. The van der Waals surface area contributed by atoms with E-state index in [9.17, 15) is 8.42 Å². The largest absolute Gasteiger partial charge is 0.471 e. The van der Waals surface area contributed by atoms with E-state index in [-0.39, 0.29) is 22.9 Å². The van der Waals surface area contributed by atoms with E-state index in [1.807, 2.05) is 6.07 Å². The number of nitriles is 1. The summed E-state index contributed by atoms with van der Waals surface area (Å²) in [5.41, 5.74) is 0.125. The van der Waals surface area contributed by atoms with Crippen LogP contribution in [-0.2, 0) is 10.0 Å². The highest BCUT2D eigenvalue weighted by Crippen LogP contribution is 2.32. The van der Waals surface area contributed by atoms with E-state index >= 15 is 0 Å². The van der Waals surface area contributed by atoms with Gasteiger partial charge in [-0.25, -0.2) is 18.4 Å². The van der Waals surface area contributed by atoms with Gasteiger partial charge < -0.3 is 4.74 Å². The highest BCUT2D eigenvalue weighted by Gasteiger charge is 2.42. The monoisotopic (exact) mass is 308 g/mol. The second kappa shape index (κ2) is 5.58. The van der Waals surface area contributed by atoms with Gasteiger partial charge in [-0.2, -0.15) is 9.57 Å². The first kappa shape index (κ1) is 14.2. The molecule has 112 valence electrons. The molecule has 21 heavy (non-hydrogen) atoms. The molecule has 1 saturated heterocycles. The normalized spacial score (nSPS) is 23.5. The van der Waals surface area contributed by atoms with E-state index in [1.165, 1.54) is 16.7 Å². The van der Waals surface area contributed by atoms with Crippen LogP contribution >= 0.6 is 0 Å². The lowest BCUT2D eigenvalue weighted by molar-refractivity contribution is 0.123. The molecule has 2 aliphatic rings. The summed E-state index contributed by atoms with van der Waals surface area (Å²) in [7, 11) is -3.18. The predicted octanol–water partition coefficient (Wildman–Crippen LogP) is 0.684. The second-order valence-electron chi connectivity index (χ2n) is 5.31. The third-order valence-electron chi connectivity index (χ3n) is 3.70. The fourth-order valence-corrected chi connectivity index (χ4v) is 4.37. The van der Waals surface area contributed by atoms with Crippen molar-refractivity contribution in [3.63, 3.8) is 0 Å². The van der Waals surface area contributed by atoms with Crippen LogP contribution in [0.25, 0.3) is 0 Å². The first-order chi connectivity index (χ1) is 10.1. The van der Waals surface area contributed by atoms with Crippen molar-refractivity contribution in [2.75, 3.05) is 13.1 Å². The molecule has 0 unspecified atom stereocenters. The third kappa shape index (κ3) is 2.99. The van der Waals surface area contributed by atoms with Crippen LogP contribution in [0.3, 0.4) is 0 Å². The molecule has 3 rings (SSSR count). The lowest BCUT2D eigenvalue weighted by atomic mass is 10.1. The summed E-state index contributed by atoms with van der Waals surface area (Å²) in [5, 5.41) is 8.77. The maximum atomic E-state index is 12.3. The van der Waals surface area contributed by atoms with E-state index in [0.717, 1.165) is 25.7 Å². The van der Waals surface area contributed by atoms with Crippen molar-refractivity contribution in [1.82, 2.24) is 14.3 Å². The minimum absolute atomic E-state index is 0.125. The molecule has 8 heteroatoms. The fraction of sp³-hybridized carbons (Fsp3) is 0.615. The smallest absolute Gasteiger partial charge is 0.251 e. The molecule has 0 aromatic carbocycles. The van der Waals surface area contributed by atoms with E-state index in [0.29, 0.717) is 13.1 Å². The van der Waals surface area contributed by atoms with Crippen LogP contribution in [0.5, 0.6) is 5.88 Å². The quantitative estimate of drug-likeness (QED) is 0.811. The molecule has 0 N–H and O–H groups in total. The Morgan fingerprint density at radius 3 is 2.76 bits per heavy atom. The molecule has 2 fully saturated rings. The zero-order valence-electron chi connectivity index (χ0n) is 11.5. The molecular weight excluding hydrogens is 292 g/mol.